The summed E-state index contributed by atoms with van der Waals surface area (Å²) in [6, 6.07) is 14.5. The number of halogens is 2. The zero-order valence-electron chi connectivity index (χ0n) is 12.0. The molecule has 0 saturated heterocycles. The van der Waals surface area contributed by atoms with Gasteiger partial charge in [-0.2, -0.15) is 0 Å². The summed E-state index contributed by atoms with van der Waals surface area (Å²) in [6.45, 7) is 7.44. The van der Waals surface area contributed by atoms with Crippen molar-refractivity contribution in [2.75, 3.05) is 5.32 Å². The van der Waals surface area contributed by atoms with Crippen LogP contribution in [0.5, 0.6) is 0 Å². The zero-order valence-corrected chi connectivity index (χ0v) is 14.3. The smallest absolute Gasteiger partial charge is 0.0417 e. The summed E-state index contributed by atoms with van der Waals surface area (Å²) in [5.74, 6) is 0. The number of anilines is 1. The van der Waals surface area contributed by atoms with Crippen molar-refractivity contribution in [1.29, 1.82) is 0 Å². The van der Waals surface area contributed by atoms with Gasteiger partial charge in [-0.05, 0) is 40.8 Å². The molecule has 0 saturated carbocycles. The molecule has 0 aliphatic rings. The maximum atomic E-state index is 5.94. The van der Waals surface area contributed by atoms with E-state index < -0.39 is 0 Å². The maximum absolute atomic E-state index is 5.94. The highest BCUT2D eigenvalue weighted by Gasteiger charge is 2.12. The average Bonchev–Trinajstić information content (AvgIpc) is 2.37. The minimum Gasteiger partial charge on any atom is -0.381 e. The molecule has 0 fully saturated rings. The van der Waals surface area contributed by atoms with Crippen molar-refractivity contribution in [3.8, 4) is 0 Å². The van der Waals surface area contributed by atoms with Gasteiger partial charge in [-0.15, -0.1) is 0 Å². The third-order valence-electron chi connectivity index (χ3n) is 3.25. The fourth-order valence-corrected chi connectivity index (χ4v) is 2.77. The molecular weight excluding hydrogens is 334 g/mol. The van der Waals surface area contributed by atoms with E-state index in [4.69, 9.17) is 11.6 Å². The van der Waals surface area contributed by atoms with Crippen molar-refractivity contribution in [3.05, 3.63) is 63.1 Å². The first-order chi connectivity index (χ1) is 9.36. The third-order valence-corrected chi connectivity index (χ3v) is 4.22. The lowest BCUT2D eigenvalue weighted by Crippen LogP contribution is -2.10. The highest BCUT2D eigenvalue weighted by molar-refractivity contribution is 9.10. The van der Waals surface area contributed by atoms with Gasteiger partial charge in [0, 0.05) is 21.7 Å². The summed E-state index contributed by atoms with van der Waals surface area (Å²) in [5, 5.41) is 4.17. The molecule has 20 heavy (non-hydrogen) atoms. The molecule has 1 N–H and O–H groups in total. The van der Waals surface area contributed by atoms with E-state index in [0.29, 0.717) is 0 Å². The molecule has 0 aromatic heterocycles. The van der Waals surface area contributed by atoms with Crippen LogP contribution in [0.2, 0.25) is 5.02 Å². The highest BCUT2D eigenvalue weighted by Crippen LogP contribution is 2.25. The van der Waals surface area contributed by atoms with Gasteiger partial charge in [0.15, 0.2) is 0 Å². The Morgan fingerprint density at radius 1 is 1.05 bits per heavy atom. The summed E-state index contributed by atoms with van der Waals surface area (Å²) in [6.07, 6.45) is 0. The Balaban J connectivity index is 2.04. The minimum absolute atomic E-state index is 0.192. The lowest BCUT2D eigenvalue weighted by atomic mass is 9.87. The molecule has 2 aromatic rings. The molecule has 0 bridgehead atoms. The summed E-state index contributed by atoms with van der Waals surface area (Å²) >= 11 is 9.48. The van der Waals surface area contributed by atoms with E-state index >= 15 is 0 Å². The van der Waals surface area contributed by atoms with Gasteiger partial charge in [-0.3, -0.25) is 0 Å². The second-order valence-electron chi connectivity index (χ2n) is 5.92. The van der Waals surface area contributed by atoms with Crippen LogP contribution in [0.25, 0.3) is 0 Å². The Bertz CT molecular complexity index is 585. The van der Waals surface area contributed by atoms with E-state index in [9.17, 15) is 0 Å². The number of hydrogen-bond acceptors (Lipinski definition) is 1. The van der Waals surface area contributed by atoms with Crippen molar-refractivity contribution in [1.82, 2.24) is 0 Å². The molecular formula is C17H19BrClN. The van der Waals surface area contributed by atoms with Gasteiger partial charge in [0.25, 0.3) is 0 Å². The first-order valence-corrected chi connectivity index (χ1v) is 7.82. The first-order valence-electron chi connectivity index (χ1n) is 6.64. The molecule has 0 aliphatic carbocycles. The van der Waals surface area contributed by atoms with E-state index in [1.165, 1.54) is 11.1 Å². The van der Waals surface area contributed by atoms with Crippen molar-refractivity contribution in [3.63, 3.8) is 0 Å². The average molecular weight is 353 g/mol. The summed E-state index contributed by atoms with van der Waals surface area (Å²) in [5.41, 5.74) is 3.85. The summed E-state index contributed by atoms with van der Waals surface area (Å²) in [4.78, 5) is 0. The Morgan fingerprint density at radius 3 is 2.25 bits per heavy atom. The lowest BCUT2D eigenvalue weighted by molar-refractivity contribution is 0.590. The molecule has 106 valence electrons. The largest absolute Gasteiger partial charge is 0.381 e. The molecule has 0 amide bonds. The second-order valence-corrected chi connectivity index (χ2v) is 7.21. The topological polar surface area (TPSA) is 12.0 Å². The molecule has 2 aromatic carbocycles. The lowest BCUT2D eigenvalue weighted by Gasteiger charge is -2.19. The van der Waals surface area contributed by atoms with Gasteiger partial charge in [-0.1, -0.05) is 66.5 Å². The van der Waals surface area contributed by atoms with Crippen LogP contribution in [0.3, 0.4) is 0 Å². The molecule has 3 heteroatoms. The fourth-order valence-electron chi connectivity index (χ4n) is 1.95. The maximum Gasteiger partial charge on any atom is 0.0417 e. The predicted molar refractivity (Wildman–Crippen MR) is 91.6 cm³/mol. The zero-order chi connectivity index (χ0) is 14.8. The van der Waals surface area contributed by atoms with Crippen LogP contribution in [0.1, 0.15) is 31.9 Å². The van der Waals surface area contributed by atoms with Crippen LogP contribution in [-0.4, -0.2) is 0 Å². The van der Waals surface area contributed by atoms with E-state index in [-0.39, 0.29) is 5.41 Å². The molecule has 0 spiro atoms. The normalized spacial score (nSPS) is 11.4. The van der Waals surface area contributed by atoms with E-state index in [1.54, 1.807) is 0 Å². The standard InChI is InChI=1S/C17H19BrClN/c1-17(2,3)13-5-8-15(9-6-13)20-11-12-4-7-14(19)10-16(12)18/h4-10,20H,11H2,1-3H3. The van der Waals surface area contributed by atoms with Crippen molar-refractivity contribution < 1.29 is 0 Å². The number of rotatable bonds is 3. The molecule has 0 heterocycles. The Hall–Kier alpha value is -0.990. The highest BCUT2D eigenvalue weighted by atomic mass is 79.9. The van der Waals surface area contributed by atoms with Gasteiger partial charge in [0.05, 0.1) is 0 Å². The van der Waals surface area contributed by atoms with Crippen LogP contribution >= 0.6 is 27.5 Å². The monoisotopic (exact) mass is 351 g/mol. The van der Waals surface area contributed by atoms with Gasteiger partial charge in [0.2, 0.25) is 0 Å². The summed E-state index contributed by atoms with van der Waals surface area (Å²) < 4.78 is 1.03. The number of hydrogen-bond donors (Lipinski definition) is 1. The SMILES string of the molecule is CC(C)(C)c1ccc(NCc2ccc(Cl)cc2Br)cc1. The quantitative estimate of drug-likeness (QED) is 0.713. The van der Waals surface area contributed by atoms with Gasteiger partial charge in [-0.25, -0.2) is 0 Å². The summed E-state index contributed by atoms with van der Waals surface area (Å²) in [7, 11) is 0. The van der Waals surface area contributed by atoms with Crippen molar-refractivity contribution >= 4 is 33.2 Å². The Kier molecular flexibility index (Phi) is 4.77. The molecule has 1 nitrogen and oxygen atoms in total. The Labute approximate surface area is 134 Å². The van der Waals surface area contributed by atoms with Crippen LogP contribution < -0.4 is 5.32 Å². The third kappa shape index (κ3) is 4.00. The minimum atomic E-state index is 0.192. The number of benzene rings is 2. The first kappa shape index (κ1) is 15.4. The second kappa shape index (κ2) is 6.19. The molecule has 0 atom stereocenters. The van der Waals surface area contributed by atoms with E-state index in [0.717, 1.165) is 21.7 Å². The Morgan fingerprint density at radius 2 is 1.70 bits per heavy atom. The fraction of sp³-hybridized carbons (Fsp3) is 0.294. The van der Waals surface area contributed by atoms with Crippen LogP contribution in [0.15, 0.2) is 46.9 Å². The van der Waals surface area contributed by atoms with Crippen LogP contribution in [-0.2, 0) is 12.0 Å². The van der Waals surface area contributed by atoms with E-state index in [2.05, 4.69) is 66.3 Å². The van der Waals surface area contributed by atoms with Crippen LogP contribution in [0.4, 0.5) is 5.69 Å². The van der Waals surface area contributed by atoms with E-state index in [1.807, 2.05) is 18.2 Å². The molecule has 0 unspecified atom stereocenters. The number of nitrogens with one attached hydrogen (secondary N) is 1. The molecule has 2 rings (SSSR count). The van der Waals surface area contributed by atoms with Crippen LogP contribution in [0, 0.1) is 0 Å². The predicted octanol–water partition coefficient (Wildman–Crippen LogP) is 6.01. The van der Waals surface area contributed by atoms with Gasteiger partial charge < -0.3 is 5.32 Å². The van der Waals surface area contributed by atoms with Gasteiger partial charge in [0.1, 0.15) is 0 Å². The molecule has 0 radical (unpaired) electrons. The van der Waals surface area contributed by atoms with Gasteiger partial charge >= 0.3 is 0 Å². The van der Waals surface area contributed by atoms with Crippen molar-refractivity contribution in [2.45, 2.75) is 32.7 Å². The molecule has 0 aliphatic heterocycles. The van der Waals surface area contributed by atoms with Crippen molar-refractivity contribution in [2.24, 2.45) is 0 Å².